The molecule has 0 aromatic carbocycles. The van der Waals surface area contributed by atoms with E-state index in [9.17, 15) is 9.59 Å². The van der Waals surface area contributed by atoms with Gasteiger partial charge >= 0.3 is 5.97 Å². The molecule has 0 saturated carbocycles. The Kier molecular flexibility index (Phi) is 5.05. The largest absolute Gasteiger partial charge is 0.481 e. The minimum absolute atomic E-state index is 0.0179. The highest BCUT2D eigenvalue weighted by atomic mass is 32.1. The van der Waals surface area contributed by atoms with Gasteiger partial charge in [-0.15, -0.1) is 11.3 Å². The van der Waals surface area contributed by atoms with E-state index in [2.05, 4.69) is 31.1 Å². The Bertz CT molecular complexity index is 463. The summed E-state index contributed by atoms with van der Waals surface area (Å²) in [6.45, 7) is 7.90. The number of nitrogens with one attached hydrogen (secondary N) is 1. The molecular weight excluding hydrogens is 264 g/mol. The second-order valence-electron chi connectivity index (χ2n) is 5.64. The van der Waals surface area contributed by atoms with E-state index in [1.165, 1.54) is 0 Å². The van der Waals surface area contributed by atoms with Gasteiger partial charge in [0.05, 0.1) is 23.5 Å². The third kappa shape index (κ3) is 5.38. The van der Waals surface area contributed by atoms with E-state index >= 15 is 0 Å². The molecule has 1 aromatic rings. The first kappa shape index (κ1) is 15.6. The van der Waals surface area contributed by atoms with Crippen molar-refractivity contribution in [3.63, 3.8) is 0 Å². The predicted octanol–water partition coefficient (Wildman–Crippen LogP) is 1.96. The fourth-order valence-electron chi connectivity index (χ4n) is 1.54. The third-order valence-electron chi connectivity index (χ3n) is 2.42. The van der Waals surface area contributed by atoms with Crippen LogP contribution < -0.4 is 5.32 Å². The maximum Gasteiger partial charge on any atom is 0.305 e. The van der Waals surface area contributed by atoms with E-state index in [1.807, 2.05) is 5.38 Å². The Balaban J connectivity index is 2.53. The minimum Gasteiger partial charge on any atom is -0.481 e. The van der Waals surface area contributed by atoms with Crippen molar-refractivity contribution in [1.29, 1.82) is 0 Å². The molecule has 0 aliphatic rings. The van der Waals surface area contributed by atoms with E-state index in [0.717, 1.165) is 10.7 Å². The van der Waals surface area contributed by atoms with E-state index in [0.29, 0.717) is 0 Å². The van der Waals surface area contributed by atoms with Crippen molar-refractivity contribution in [3.05, 3.63) is 16.1 Å². The number of aromatic nitrogens is 1. The molecule has 6 heteroatoms. The van der Waals surface area contributed by atoms with Crippen molar-refractivity contribution < 1.29 is 14.7 Å². The second-order valence-corrected chi connectivity index (χ2v) is 6.50. The molecule has 2 N–H and O–H groups in total. The van der Waals surface area contributed by atoms with Crippen LogP contribution in [-0.4, -0.2) is 28.0 Å². The number of aliphatic carboxylic acids is 1. The van der Waals surface area contributed by atoms with Crippen molar-refractivity contribution >= 4 is 23.2 Å². The molecule has 1 aromatic heterocycles. The highest BCUT2D eigenvalue weighted by molar-refractivity contribution is 7.09. The van der Waals surface area contributed by atoms with Crippen LogP contribution in [0, 0.1) is 0 Å². The highest BCUT2D eigenvalue weighted by Gasteiger charge is 2.19. The molecule has 1 unspecified atom stereocenters. The molecule has 0 aliphatic heterocycles. The molecular formula is C13H20N2O3S. The number of carboxylic acids is 1. The van der Waals surface area contributed by atoms with Gasteiger partial charge in [-0.05, 0) is 6.92 Å². The van der Waals surface area contributed by atoms with Crippen molar-refractivity contribution in [3.8, 4) is 0 Å². The zero-order chi connectivity index (χ0) is 14.6. The summed E-state index contributed by atoms with van der Waals surface area (Å²) in [5.74, 6) is -1.11. The number of rotatable bonds is 5. The lowest BCUT2D eigenvalue weighted by atomic mass is 9.98. The van der Waals surface area contributed by atoms with Crippen LogP contribution in [0.15, 0.2) is 5.38 Å². The minimum atomic E-state index is -0.920. The van der Waals surface area contributed by atoms with Gasteiger partial charge < -0.3 is 10.4 Å². The first-order chi connectivity index (χ1) is 8.68. The Morgan fingerprint density at radius 2 is 2.11 bits per heavy atom. The zero-order valence-corrected chi connectivity index (χ0v) is 12.5. The van der Waals surface area contributed by atoms with Crippen molar-refractivity contribution in [2.45, 2.75) is 52.0 Å². The summed E-state index contributed by atoms with van der Waals surface area (Å²) in [5, 5.41) is 14.1. The van der Waals surface area contributed by atoms with E-state index in [4.69, 9.17) is 5.11 Å². The predicted molar refractivity (Wildman–Crippen MR) is 74.4 cm³/mol. The summed E-state index contributed by atoms with van der Waals surface area (Å²) < 4.78 is 0. The number of carbonyl (C=O) groups is 2. The average molecular weight is 284 g/mol. The standard InChI is InChI=1S/C13H20N2O3S/c1-8(5-11(17)18)14-10(16)6-9-7-19-12(15-9)13(2,3)4/h7-8H,5-6H2,1-4H3,(H,14,16)(H,17,18). The fraction of sp³-hybridized carbons (Fsp3) is 0.615. The topological polar surface area (TPSA) is 79.3 Å². The number of carboxylic acid groups (broad SMARTS) is 1. The third-order valence-corrected chi connectivity index (χ3v) is 3.74. The zero-order valence-electron chi connectivity index (χ0n) is 11.7. The molecule has 0 bridgehead atoms. The van der Waals surface area contributed by atoms with Crippen LogP contribution in [0.3, 0.4) is 0 Å². The van der Waals surface area contributed by atoms with Crippen LogP contribution in [0.5, 0.6) is 0 Å². The lowest BCUT2D eigenvalue weighted by molar-refractivity contribution is -0.137. The molecule has 0 spiro atoms. The van der Waals surface area contributed by atoms with Crippen LogP contribution in [0.2, 0.25) is 0 Å². The molecule has 0 aliphatic carbocycles. The SMILES string of the molecule is CC(CC(=O)O)NC(=O)Cc1csc(C(C)(C)C)n1. The van der Waals surface area contributed by atoms with Crippen LogP contribution >= 0.6 is 11.3 Å². The maximum absolute atomic E-state index is 11.7. The number of hydrogen-bond donors (Lipinski definition) is 2. The molecule has 106 valence electrons. The molecule has 1 atom stereocenters. The molecule has 19 heavy (non-hydrogen) atoms. The van der Waals surface area contributed by atoms with E-state index in [1.54, 1.807) is 18.3 Å². The Labute approximate surface area is 117 Å². The lowest BCUT2D eigenvalue weighted by Crippen LogP contribution is -2.35. The van der Waals surface area contributed by atoms with Gasteiger partial charge in [0.2, 0.25) is 5.91 Å². The van der Waals surface area contributed by atoms with Gasteiger partial charge in [-0.1, -0.05) is 20.8 Å². The summed E-state index contributed by atoms with van der Waals surface area (Å²) in [5.41, 5.74) is 0.714. The van der Waals surface area contributed by atoms with Crippen LogP contribution in [0.4, 0.5) is 0 Å². The van der Waals surface area contributed by atoms with Crippen LogP contribution in [0.1, 0.15) is 44.8 Å². The lowest BCUT2D eigenvalue weighted by Gasteiger charge is -2.13. The number of nitrogens with zero attached hydrogens (tertiary/aromatic N) is 1. The highest BCUT2D eigenvalue weighted by Crippen LogP contribution is 2.25. The Morgan fingerprint density at radius 3 is 2.58 bits per heavy atom. The van der Waals surface area contributed by atoms with Crippen molar-refractivity contribution in [1.82, 2.24) is 10.3 Å². The van der Waals surface area contributed by atoms with Crippen LogP contribution in [-0.2, 0) is 21.4 Å². The monoisotopic (exact) mass is 284 g/mol. The maximum atomic E-state index is 11.7. The number of hydrogen-bond acceptors (Lipinski definition) is 4. The first-order valence-corrected chi connectivity index (χ1v) is 7.02. The average Bonchev–Trinajstić information content (AvgIpc) is 2.63. The van der Waals surface area contributed by atoms with Crippen molar-refractivity contribution in [2.75, 3.05) is 0 Å². The molecule has 1 rings (SSSR count). The molecule has 1 amide bonds. The van der Waals surface area contributed by atoms with Crippen LogP contribution in [0.25, 0.3) is 0 Å². The number of thiazole rings is 1. The summed E-state index contributed by atoms with van der Waals surface area (Å²) in [6.07, 6.45) is 0.118. The smallest absolute Gasteiger partial charge is 0.305 e. The van der Waals surface area contributed by atoms with Gasteiger partial charge in [-0.3, -0.25) is 9.59 Å². The number of carbonyl (C=O) groups excluding carboxylic acids is 1. The fourth-order valence-corrected chi connectivity index (χ4v) is 2.44. The summed E-state index contributed by atoms with van der Waals surface area (Å²) in [7, 11) is 0. The first-order valence-electron chi connectivity index (χ1n) is 6.14. The molecule has 1 heterocycles. The van der Waals surface area contributed by atoms with E-state index in [-0.39, 0.29) is 30.2 Å². The quantitative estimate of drug-likeness (QED) is 0.866. The molecule has 0 fully saturated rings. The van der Waals surface area contributed by atoms with Gasteiger partial charge in [0.25, 0.3) is 0 Å². The molecule has 0 saturated heterocycles. The Hall–Kier alpha value is -1.43. The molecule has 5 nitrogen and oxygen atoms in total. The van der Waals surface area contributed by atoms with Crippen molar-refractivity contribution in [2.24, 2.45) is 0 Å². The van der Waals surface area contributed by atoms with Gasteiger partial charge in [-0.2, -0.15) is 0 Å². The van der Waals surface area contributed by atoms with Gasteiger partial charge in [-0.25, -0.2) is 4.98 Å². The number of amides is 1. The second kappa shape index (κ2) is 6.14. The summed E-state index contributed by atoms with van der Waals surface area (Å²) >= 11 is 1.54. The van der Waals surface area contributed by atoms with Gasteiger partial charge in [0.1, 0.15) is 0 Å². The summed E-state index contributed by atoms with van der Waals surface area (Å²) in [4.78, 5) is 26.7. The normalized spacial score (nSPS) is 13.1. The summed E-state index contributed by atoms with van der Waals surface area (Å²) in [6, 6.07) is -0.370. The van der Waals surface area contributed by atoms with E-state index < -0.39 is 5.97 Å². The molecule has 0 radical (unpaired) electrons. The van der Waals surface area contributed by atoms with Gasteiger partial charge in [0.15, 0.2) is 0 Å². The Morgan fingerprint density at radius 1 is 1.47 bits per heavy atom. The van der Waals surface area contributed by atoms with Gasteiger partial charge in [0, 0.05) is 16.8 Å².